The summed E-state index contributed by atoms with van der Waals surface area (Å²) in [6, 6.07) is 3.65. The second kappa shape index (κ2) is 10.8. The van der Waals surface area contributed by atoms with Crippen molar-refractivity contribution >= 4 is 11.7 Å². The van der Waals surface area contributed by atoms with Gasteiger partial charge in [0.15, 0.2) is 0 Å². The third-order valence-corrected chi connectivity index (χ3v) is 4.52. The molecular formula is C19H31F3N6O2. The van der Waals surface area contributed by atoms with Gasteiger partial charge in [-0.15, -0.1) is 13.2 Å². The fourth-order valence-electron chi connectivity index (χ4n) is 3.19. The SMILES string of the molecule is Cc1cc(NC(=O)NC2NC(C)CC(NCCCN(C)C)N2)ccc1OC(F)(F)F. The van der Waals surface area contributed by atoms with E-state index >= 15 is 0 Å². The van der Waals surface area contributed by atoms with E-state index in [1.807, 2.05) is 21.0 Å². The number of hydrogen-bond donors (Lipinski definition) is 5. The first kappa shape index (κ1) is 24.2. The molecule has 1 aromatic carbocycles. The number of carbonyl (C=O) groups is 1. The van der Waals surface area contributed by atoms with Crippen LogP contribution in [0, 0.1) is 6.92 Å². The van der Waals surface area contributed by atoms with Crippen molar-refractivity contribution < 1.29 is 22.7 Å². The molecule has 3 unspecified atom stereocenters. The zero-order valence-electron chi connectivity index (χ0n) is 17.7. The molecule has 0 saturated carbocycles. The number of amides is 2. The van der Waals surface area contributed by atoms with E-state index < -0.39 is 18.7 Å². The van der Waals surface area contributed by atoms with Gasteiger partial charge in [0.25, 0.3) is 0 Å². The van der Waals surface area contributed by atoms with Crippen LogP contribution in [0.4, 0.5) is 23.7 Å². The van der Waals surface area contributed by atoms with Crippen LogP contribution in [-0.4, -0.2) is 63.0 Å². The molecule has 1 aromatic rings. The first-order valence-electron chi connectivity index (χ1n) is 9.86. The minimum atomic E-state index is -4.76. The van der Waals surface area contributed by atoms with Crippen molar-refractivity contribution in [2.24, 2.45) is 0 Å². The van der Waals surface area contributed by atoms with Crippen LogP contribution in [0.1, 0.15) is 25.3 Å². The summed E-state index contributed by atoms with van der Waals surface area (Å²) in [5.74, 6) is -0.305. The highest BCUT2D eigenvalue weighted by molar-refractivity contribution is 5.89. The van der Waals surface area contributed by atoms with E-state index in [2.05, 4.69) is 36.2 Å². The van der Waals surface area contributed by atoms with Gasteiger partial charge < -0.3 is 25.6 Å². The quantitative estimate of drug-likeness (QED) is 0.405. The molecule has 1 fully saturated rings. The Labute approximate surface area is 174 Å². The Bertz CT molecular complexity index is 701. The second-order valence-electron chi connectivity index (χ2n) is 7.69. The highest BCUT2D eigenvalue weighted by Crippen LogP contribution is 2.28. The van der Waals surface area contributed by atoms with Crippen molar-refractivity contribution in [1.29, 1.82) is 0 Å². The molecule has 0 bridgehead atoms. The highest BCUT2D eigenvalue weighted by atomic mass is 19.4. The van der Waals surface area contributed by atoms with E-state index in [-0.39, 0.29) is 23.5 Å². The zero-order chi connectivity index (χ0) is 22.3. The number of benzene rings is 1. The van der Waals surface area contributed by atoms with E-state index in [1.54, 1.807) is 0 Å². The van der Waals surface area contributed by atoms with Crippen LogP contribution < -0.4 is 31.3 Å². The molecule has 1 saturated heterocycles. The van der Waals surface area contributed by atoms with Gasteiger partial charge in [0.2, 0.25) is 0 Å². The molecule has 0 spiro atoms. The highest BCUT2D eigenvalue weighted by Gasteiger charge is 2.31. The number of ether oxygens (including phenoxy) is 1. The monoisotopic (exact) mass is 432 g/mol. The van der Waals surface area contributed by atoms with Crippen LogP contribution >= 0.6 is 0 Å². The van der Waals surface area contributed by atoms with Crippen molar-refractivity contribution in [2.75, 3.05) is 32.5 Å². The van der Waals surface area contributed by atoms with Crippen LogP contribution in [0.15, 0.2) is 18.2 Å². The van der Waals surface area contributed by atoms with Gasteiger partial charge in [-0.25, -0.2) is 4.79 Å². The minimum absolute atomic E-state index is 0.0507. The third-order valence-electron chi connectivity index (χ3n) is 4.52. The van der Waals surface area contributed by atoms with Gasteiger partial charge in [0, 0.05) is 11.7 Å². The number of urea groups is 1. The zero-order valence-corrected chi connectivity index (χ0v) is 17.7. The maximum absolute atomic E-state index is 12.4. The van der Waals surface area contributed by atoms with Gasteiger partial charge >= 0.3 is 12.4 Å². The molecular weight excluding hydrogens is 401 g/mol. The molecule has 2 amide bonds. The molecule has 2 rings (SSSR count). The molecule has 0 radical (unpaired) electrons. The lowest BCUT2D eigenvalue weighted by Crippen LogP contribution is -2.67. The summed E-state index contributed by atoms with van der Waals surface area (Å²) in [7, 11) is 4.06. The summed E-state index contributed by atoms with van der Waals surface area (Å²) in [5, 5.41) is 15.4. The second-order valence-corrected chi connectivity index (χ2v) is 7.69. The molecule has 1 aliphatic rings. The average molecular weight is 432 g/mol. The van der Waals surface area contributed by atoms with Crippen LogP contribution in [0.3, 0.4) is 0 Å². The smallest absolute Gasteiger partial charge is 0.406 e. The molecule has 30 heavy (non-hydrogen) atoms. The number of nitrogens with one attached hydrogen (secondary N) is 5. The molecule has 170 valence electrons. The summed E-state index contributed by atoms with van der Waals surface area (Å²) >= 11 is 0. The first-order valence-corrected chi connectivity index (χ1v) is 9.86. The van der Waals surface area contributed by atoms with Crippen molar-refractivity contribution in [1.82, 2.24) is 26.2 Å². The third kappa shape index (κ3) is 8.74. The maximum Gasteiger partial charge on any atom is 0.573 e. The Kier molecular flexibility index (Phi) is 8.71. The fraction of sp³-hybridized carbons (Fsp3) is 0.632. The summed E-state index contributed by atoms with van der Waals surface area (Å²) < 4.78 is 41.0. The average Bonchev–Trinajstić information content (AvgIpc) is 2.59. The number of halogens is 3. The van der Waals surface area contributed by atoms with Gasteiger partial charge in [-0.2, -0.15) is 0 Å². The Morgan fingerprint density at radius 1 is 1.30 bits per heavy atom. The van der Waals surface area contributed by atoms with Gasteiger partial charge in [0.05, 0.1) is 6.17 Å². The van der Waals surface area contributed by atoms with Crippen molar-refractivity contribution in [3.63, 3.8) is 0 Å². The van der Waals surface area contributed by atoms with Gasteiger partial charge in [0.1, 0.15) is 12.0 Å². The van der Waals surface area contributed by atoms with E-state index in [1.165, 1.54) is 25.1 Å². The normalized spacial score (nSPS) is 22.1. The molecule has 8 nitrogen and oxygen atoms in total. The first-order chi connectivity index (χ1) is 14.0. The Balaban J connectivity index is 1.84. The predicted molar refractivity (Wildman–Crippen MR) is 109 cm³/mol. The summed E-state index contributed by atoms with van der Waals surface area (Å²) in [6.07, 6.45) is -3.28. The Morgan fingerprint density at radius 2 is 2.03 bits per heavy atom. The van der Waals surface area contributed by atoms with Crippen LogP contribution in [0.5, 0.6) is 5.75 Å². The molecule has 1 heterocycles. The molecule has 0 aliphatic carbocycles. The number of nitrogens with zero attached hydrogens (tertiary/aromatic N) is 1. The van der Waals surface area contributed by atoms with Gasteiger partial charge in [-0.05, 0) is 77.6 Å². The van der Waals surface area contributed by atoms with E-state index in [4.69, 9.17) is 0 Å². The summed E-state index contributed by atoms with van der Waals surface area (Å²) in [5.41, 5.74) is 0.622. The number of carbonyl (C=O) groups excluding carboxylic acids is 1. The molecule has 0 aromatic heterocycles. The molecule has 1 aliphatic heterocycles. The lowest BCUT2D eigenvalue weighted by atomic mass is 10.1. The maximum atomic E-state index is 12.4. The lowest BCUT2D eigenvalue weighted by molar-refractivity contribution is -0.274. The van der Waals surface area contributed by atoms with Gasteiger partial charge in [-0.1, -0.05) is 0 Å². The number of alkyl halides is 3. The van der Waals surface area contributed by atoms with E-state index in [9.17, 15) is 18.0 Å². The van der Waals surface area contributed by atoms with Crippen molar-refractivity contribution in [3.8, 4) is 5.75 Å². The molecule has 11 heteroatoms. The number of rotatable bonds is 8. The summed E-state index contributed by atoms with van der Waals surface area (Å²) in [6.45, 7) is 5.35. The number of anilines is 1. The fourth-order valence-corrected chi connectivity index (χ4v) is 3.19. The van der Waals surface area contributed by atoms with E-state index in [0.717, 1.165) is 25.9 Å². The molecule has 3 atom stereocenters. The number of aryl methyl sites for hydroxylation is 1. The minimum Gasteiger partial charge on any atom is -0.406 e. The lowest BCUT2D eigenvalue weighted by Gasteiger charge is -2.37. The summed E-state index contributed by atoms with van der Waals surface area (Å²) in [4.78, 5) is 14.4. The van der Waals surface area contributed by atoms with Crippen molar-refractivity contribution in [3.05, 3.63) is 23.8 Å². The van der Waals surface area contributed by atoms with Crippen LogP contribution in [-0.2, 0) is 0 Å². The Morgan fingerprint density at radius 3 is 2.67 bits per heavy atom. The standard InChI is InChI=1S/C19H31F3N6O2/c1-12-10-14(6-7-15(12)30-19(20,21)22)25-18(29)27-17-24-13(2)11-16(26-17)23-8-5-9-28(3)4/h6-7,10,13,16-17,23-24,26H,5,8-9,11H2,1-4H3,(H2,25,27,29). The van der Waals surface area contributed by atoms with Crippen molar-refractivity contribution in [2.45, 2.75) is 51.5 Å². The van der Waals surface area contributed by atoms with Crippen LogP contribution in [0.25, 0.3) is 0 Å². The topological polar surface area (TPSA) is 89.7 Å². The van der Waals surface area contributed by atoms with E-state index in [0.29, 0.717) is 5.69 Å². The predicted octanol–water partition coefficient (Wildman–Crippen LogP) is 2.14. The van der Waals surface area contributed by atoms with Gasteiger partial charge in [-0.3, -0.25) is 10.6 Å². The van der Waals surface area contributed by atoms with Crippen LogP contribution in [0.2, 0.25) is 0 Å². The Hall–Kier alpha value is -2.08. The largest absolute Gasteiger partial charge is 0.573 e. The number of hydrogen-bond acceptors (Lipinski definition) is 6. The molecule has 5 N–H and O–H groups in total.